The Kier molecular flexibility index (Phi) is 4.42. The Morgan fingerprint density at radius 1 is 1.00 bits per heavy atom. The third kappa shape index (κ3) is 2.78. The summed E-state index contributed by atoms with van der Waals surface area (Å²) < 4.78 is 0. The van der Waals surface area contributed by atoms with Gasteiger partial charge in [-0.05, 0) is 43.9 Å². The van der Waals surface area contributed by atoms with Crippen LogP contribution in [0, 0.1) is 74.4 Å². The summed E-state index contributed by atoms with van der Waals surface area (Å²) in [6.45, 7) is 1.79. The molecule has 3 atom stereocenters. The number of hydrogen-bond donors (Lipinski definition) is 1. The summed E-state index contributed by atoms with van der Waals surface area (Å²) in [7, 11) is 0. The van der Waals surface area contributed by atoms with Crippen molar-refractivity contribution in [1.82, 2.24) is 0 Å². The molecule has 1 N–H and O–H groups in total. The van der Waals surface area contributed by atoms with E-state index >= 15 is 0 Å². The second-order valence-electron chi connectivity index (χ2n) is 7.20. The normalized spacial score (nSPS) is 33.8. The van der Waals surface area contributed by atoms with E-state index in [4.69, 9.17) is 0 Å². The topological polar surface area (TPSA) is 115 Å². The van der Waals surface area contributed by atoms with E-state index in [1.807, 2.05) is 24.3 Å². The van der Waals surface area contributed by atoms with Gasteiger partial charge in [0.1, 0.15) is 11.8 Å². The highest BCUT2D eigenvalue weighted by molar-refractivity contribution is 5.19. The first-order valence-corrected chi connectivity index (χ1v) is 7.72. The molecule has 0 aromatic heterocycles. The van der Waals surface area contributed by atoms with Gasteiger partial charge in [0, 0.05) is 5.92 Å². The fourth-order valence-corrected chi connectivity index (χ4v) is 5.01. The van der Waals surface area contributed by atoms with Crippen molar-refractivity contribution < 1.29 is 5.11 Å². The fraction of sp³-hybridized carbons (Fsp3) is 0.765. The molecule has 0 radical (unpaired) electrons. The highest BCUT2D eigenvalue weighted by Gasteiger charge is 2.55. The lowest BCUT2D eigenvalue weighted by Gasteiger charge is -2.55. The van der Waals surface area contributed by atoms with Gasteiger partial charge >= 0.3 is 0 Å². The van der Waals surface area contributed by atoms with Crippen LogP contribution in [0.4, 0.5) is 0 Å². The van der Waals surface area contributed by atoms with E-state index in [-0.39, 0.29) is 0 Å². The molecule has 0 amide bonds. The summed E-state index contributed by atoms with van der Waals surface area (Å²) in [6.07, 6.45) is 4.73. The molecule has 2 saturated carbocycles. The third-order valence-electron chi connectivity index (χ3n) is 5.43. The van der Waals surface area contributed by atoms with Gasteiger partial charge in [0.2, 0.25) is 0 Å². The predicted octanol–water partition coefficient (Wildman–Crippen LogP) is 2.65. The monoisotopic (exact) mass is 296 g/mol. The van der Waals surface area contributed by atoms with Crippen molar-refractivity contribution in [2.24, 2.45) is 29.1 Å². The van der Waals surface area contributed by atoms with Crippen LogP contribution in [-0.2, 0) is 0 Å². The van der Waals surface area contributed by atoms with Crippen molar-refractivity contribution in [3.8, 4) is 24.3 Å². The van der Waals surface area contributed by atoms with Gasteiger partial charge in [0.05, 0.1) is 29.9 Å². The maximum absolute atomic E-state index is 10.6. The lowest BCUT2D eigenvalue weighted by atomic mass is 9.50. The fourth-order valence-electron chi connectivity index (χ4n) is 5.01. The van der Waals surface area contributed by atoms with Crippen molar-refractivity contribution in [2.45, 2.75) is 51.0 Å². The maximum atomic E-state index is 10.6. The van der Waals surface area contributed by atoms with E-state index in [1.165, 1.54) is 0 Å². The molecule has 22 heavy (non-hydrogen) atoms. The summed E-state index contributed by atoms with van der Waals surface area (Å²) in [5, 5.41) is 48.0. The van der Waals surface area contributed by atoms with Crippen LogP contribution in [0.5, 0.6) is 0 Å². The molecule has 5 nitrogen and oxygen atoms in total. The van der Waals surface area contributed by atoms with Gasteiger partial charge in [-0.2, -0.15) is 21.0 Å². The summed E-state index contributed by atoms with van der Waals surface area (Å²) in [6, 6.07) is 7.91. The Balaban J connectivity index is 2.50. The SMILES string of the molecule is CC1(O)CC2CCCC(C(C(C#N)C#N)C(C#N)C#N)(C2)C1. The number of rotatable bonds is 3. The first-order valence-electron chi connectivity index (χ1n) is 7.72. The Labute approximate surface area is 131 Å². The molecule has 0 aromatic carbocycles. The van der Waals surface area contributed by atoms with E-state index in [0.29, 0.717) is 12.3 Å². The molecule has 2 aliphatic carbocycles. The van der Waals surface area contributed by atoms with Gasteiger partial charge in [-0.15, -0.1) is 0 Å². The Morgan fingerprint density at radius 3 is 2.05 bits per heavy atom. The molecule has 0 saturated heterocycles. The standard InChI is InChI=1S/C17H20N4O/c1-16(22)5-12-3-2-4-17(6-12,11-16)15(13(7-18)8-19)14(9-20)10-21/h12-15,22H,2-6,11H2,1H3. The zero-order valence-electron chi connectivity index (χ0n) is 12.8. The van der Waals surface area contributed by atoms with Gasteiger partial charge < -0.3 is 5.11 Å². The molecular formula is C17H20N4O. The van der Waals surface area contributed by atoms with E-state index < -0.39 is 28.8 Å². The van der Waals surface area contributed by atoms with Crippen molar-refractivity contribution in [3.63, 3.8) is 0 Å². The third-order valence-corrected chi connectivity index (χ3v) is 5.43. The highest BCUT2D eigenvalue weighted by atomic mass is 16.3. The number of hydrogen-bond acceptors (Lipinski definition) is 5. The second-order valence-corrected chi connectivity index (χ2v) is 7.20. The van der Waals surface area contributed by atoms with Crippen molar-refractivity contribution in [1.29, 1.82) is 21.0 Å². The van der Waals surface area contributed by atoms with Gasteiger partial charge in [0.25, 0.3) is 0 Å². The van der Waals surface area contributed by atoms with Crippen molar-refractivity contribution >= 4 is 0 Å². The minimum absolute atomic E-state index is 0.344. The van der Waals surface area contributed by atoms with Crippen LogP contribution < -0.4 is 0 Å². The zero-order valence-corrected chi connectivity index (χ0v) is 12.8. The lowest BCUT2D eigenvalue weighted by Crippen LogP contribution is -2.51. The van der Waals surface area contributed by atoms with Gasteiger partial charge in [-0.3, -0.25) is 0 Å². The number of nitriles is 4. The molecule has 5 heteroatoms. The minimum Gasteiger partial charge on any atom is -0.390 e. The predicted molar refractivity (Wildman–Crippen MR) is 77.2 cm³/mol. The summed E-state index contributed by atoms with van der Waals surface area (Å²) in [4.78, 5) is 0. The van der Waals surface area contributed by atoms with Crippen LogP contribution >= 0.6 is 0 Å². The quantitative estimate of drug-likeness (QED) is 0.859. The number of fused-ring (bicyclic) bond motifs is 2. The average molecular weight is 296 g/mol. The van der Waals surface area contributed by atoms with Crippen molar-refractivity contribution in [3.05, 3.63) is 0 Å². The van der Waals surface area contributed by atoms with E-state index in [9.17, 15) is 26.2 Å². The summed E-state index contributed by atoms with van der Waals surface area (Å²) >= 11 is 0. The lowest BCUT2D eigenvalue weighted by molar-refractivity contribution is -0.111. The van der Waals surface area contributed by atoms with Crippen molar-refractivity contribution in [2.75, 3.05) is 0 Å². The Morgan fingerprint density at radius 2 is 1.55 bits per heavy atom. The minimum atomic E-state index is -0.989. The molecule has 3 unspecified atom stereocenters. The van der Waals surface area contributed by atoms with Gasteiger partial charge in [-0.25, -0.2) is 0 Å². The van der Waals surface area contributed by atoms with Crippen LogP contribution in [-0.4, -0.2) is 10.7 Å². The molecule has 2 bridgehead atoms. The number of nitrogens with zero attached hydrogens (tertiary/aromatic N) is 4. The van der Waals surface area contributed by atoms with Crippen LogP contribution in [0.2, 0.25) is 0 Å². The van der Waals surface area contributed by atoms with Crippen LogP contribution in [0.3, 0.4) is 0 Å². The first kappa shape index (κ1) is 16.3. The molecule has 0 spiro atoms. The van der Waals surface area contributed by atoms with Gasteiger partial charge in [-0.1, -0.05) is 12.8 Å². The second kappa shape index (κ2) is 5.96. The molecule has 0 aromatic rings. The largest absolute Gasteiger partial charge is 0.390 e. The summed E-state index contributed by atoms with van der Waals surface area (Å²) in [5.74, 6) is -2.25. The first-order chi connectivity index (χ1) is 10.4. The smallest absolute Gasteiger partial charge is 0.138 e. The molecule has 114 valence electrons. The summed E-state index contributed by atoms with van der Waals surface area (Å²) in [5.41, 5.74) is -1.32. The van der Waals surface area contributed by atoms with E-state index in [0.717, 1.165) is 32.1 Å². The van der Waals surface area contributed by atoms with Crippen LogP contribution in [0.15, 0.2) is 0 Å². The number of aliphatic hydroxyl groups is 1. The van der Waals surface area contributed by atoms with Crippen LogP contribution in [0.1, 0.15) is 45.4 Å². The Hall–Kier alpha value is -2.08. The zero-order chi connectivity index (χ0) is 16.4. The molecule has 2 aliphatic rings. The maximum Gasteiger partial charge on any atom is 0.138 e. The van der Waals surface area contributed by atoms with E-state index in [1.54, 1.807) is 6.92 Å². The molecule has 0 heterocycles. The molecule has 2 rings (SSSR count). The molecular weight excluding hydrogens is 276 g/mol. The molecule has 0 aliphatic heterocycles. The highest BCUT2D eigenvalue weighted by Crippen LogP contribution is 2.59. The van der Waals surface area contributed by atoms with Crippen LogP contribution in [0.25, 0.3) is 0 Å². The Bertz CT molecular complexity index is 540. The molecule has 2 fully saturated rings. The van der Waals surface area contributed by atoms with E-state index in [2.05, 4.69) is 0 Å². The average Bonchev–Trinajstić information content (AvgIpc) is 2.46. The van der Waals surface area contributed by atoms with Gasteiger partial charge in [0.15, 0.2) is 0 Å².